The number of aliphatic carboxylic acids is 1. The van der Waals surface area contributed by atoms with Crippen molar-refractivity contribution in [3.05, 3.63) is 0 Å². The molecule has 0 aromatic carbocycles. The summed E-state index contributed by atoms with van der Waals surface area (Å²) in [4.78, 5) is 25.8. The van der Waals surface area contributed by atoms with Crippen LogP contribution in [0.1, 0.15) is 0 Å². The highest BCUT2D eigenvalue weighted by Crippen LogP contribution is 2.43. The molecular weight excluding hydrogens is 170 g/mol. The van der Waals surface area contributed by atoms with Gasteiger partial charge in [-0.15, -0.1) is 0 Å². The molecule has 0 saturated heterocycles. The largest absolute Gasteiger partial charge is 0.480 e. The molecule has 5 nitrogen and oxygen atoms in total. The van der Waals surface area contributed by atoms with Gasteiger partial charge >= 0.3 is 13.6 Å². The first-order chi connectivity index (χ1) is 3.85. The highest BCUT2D eigenvalue weighted by Gasteiger charge is 2.33. The van der Waals surface area contributed by atoms with E-state index >= 15 is 0 Å². The summed E-state index contributed by atoms with van der Waals surface area (Å²) in [5.41, 5.74) is 0. The zero-order valence-electron chi connectivity index (χ0n) is 4.06. The molecule has 0 aliphatic carbocycles. The van der Waals surface area contributed by atoms with Crippen LogP contribution in [0.25, 0.3) is 0 Å². The molecule has 0 bridgehead atoms. The highest BCUT2D eigenvalue weighted by atomic mass is 35.5. The van der Waals surface area contributed by atoms with E-state index in [0.29, 0.717) is 0 Å². The first-order valence-electron chi connectivity index (χ1n) is 1.78. The Morgan fingerprint density at radius 3 is 1.89 bits per heavy atom. The number of hydrogen-bond donors (Lipinski definition) is 3. The van der Waals surface area contributed by atoms with Crippen LogP contribution in [-0.4, -0.2) is 26.0 Å². The van der Waals surface area contributed by atoms with Gasteiger partial charge in [0.15, 0.2) is 0 Å². The molecule has 0 aromatic heterocycles. The summed E-state index contributed by atoms with van der Waals surface area (Å²) >= 11 is 4.73. The first kappa shape index (κ1) is 8.91. The van der Waals surface area contributed by atoms with E-state index < -0.39 is 18.7 Å². The first-order valence-corrected chi connectivity index (χ1v) is 3.89. The lowest BCUT2D eigenvalue weighted by Gasteiger charge is -2.03. The average Bonchev–Trinajstić information content (AvgIpc) is 1.62. The van der Waals surface area contributed by atoms with E-state index in [0.717, 1.165) is 0 Å². The van der Waals surface area contributed by atoms with Crippen molar-refractivity contribution in [2.24, 2.45) is 0 Å². The van der Waals surface area contributed by atoms with Crippen molar-refractivity contribution in [1.29, 1.82) is 0 Å². The van der Waals surface area contributed by atoms with E-state index in [1.54, 1.807) is 0 Å². The van der Waals surface area contributed by atoms with Crippen molar-refractivity contribution in [3.8, 4) is 0 Å². The summed E-state index contributed by atoms with van der Waals surface area (Å²) < 4.78 is 9.95. The number of alkyl halides is 1. The summed E-state index contributed by atoms with van der Waals surface area (Å²) in [6.45, 7) is 0. The molecular formula is C2H4ClO5P. The second-order valence-corrected chi connectivity index (χ2v) is 3.70. The Kier molecular flexibility index (Phi) is 2.64. The lowest BCUT2D eigenvalue weighted by atomic mass is 10.8. The lowest BCUT2D eigenvalue weighted by molar-refractivity contribution is -0.135. The topological polar surface area (TPSA) is 94.8 Å². The summed E-state index contributed by atoms with van der Waals surface area (Å²) in [5.74, 6) is -1.72. The molecule has 0 fully saturated rings. The molecule has 0 heterocycles. The van der Waals surface area contributed by atoms with Gasteiger partial charge in [0.2, 0.25) is 5.12 Å². The Morgan fingerprint density at radius 2 is 1.89 bits per heavy atom. The SMILES string of the molecule is O=C(O)C(Cl)P(=O)(O)O. The van der Waals surface area contributed by atoms with Crippen LogP contribution in [0.2, 0.25) is 0 Å². The molecule has 1 atom stereocenters. The van der Waals surface area contributed by atoms with Crippen LogP contribution in [0.3, 0.4) is 0 Å². The third kappa shape index (κ3) is 2.81. The molecule has 0 aliphatic rings. The van der Waals surface area contributed by atoms with Crippen LogP contribution in [0, 0.1) is 0 Å². The van der Waals surface area contributed by atoms with Crippen molar-refractivity contribution in [2.75, 3.05) is 0 Å². The van der Waals surface area contributed by atoms with Crippen LogP contribution in [-0.2, 0) is 9.36 Å². The second kappa shape index (κ2) is 2.66. The van der Waals surface area contributed by atoms with Gasteiger partial charge in [-0.25, -0.2) is 4.79 Å². The van der Waals surface area contributed by atoms with Gasteiger partial charge in [0, 0.05) is 0 Å². The van der Waals surface area contributed by atoms with Crippen molar-refractivity contribution in [3.63, 3.8) is 0 Å². The molecule has 0 amide bonds. The number of halogens is 1. The van der Waals surface area contributed by atoms with Gasteiger partial charge in [-0.05, 0) is 0 Å². The Balaban J connectivity index is 4.23. The number of hydrogen-bond acceptors (Lipinski definition) is 2. The van der Waals surface area contributed by atoms with Gasteiger partial charge in [-0.2, -0.15) is 0 Å². The summed E-state index contributed by atoms with van der Waals surface area (Å²) in [5, 5.41) is 5.77. The number of carboxylic acid groups (broad SMARTS) is 1. The maximum Gasteiger partial charge on any atom is 0.354 e. The predicted molar refractivity (Wildman–Crippen MR) is 29.3 cm³/mol. The summed E-state index contributed by atoms with van der Waals surface area (Å²) in [6.07, 6.45) is 0. The van der Waals surface area contributed by atoms with E-state index in [2.05, 4.69) is 0 Å². The van der Waals surface area contributed by atoms with E-state index in [9.17, 15) is 9.36 Å². The highest BCUT2D eigenvalue weighted by molar-refractivity contribution is 7.55. The van der Waals surface area contributed by atoms with Crippen molar-refractivity contribution in [1.82, 2.24) is 0 Å². The smallest absolute Gasteiger partial charge is 0.354 e. The monoisotopic (exact) mass is 174 g/mol. The van der Waals surface area contributed by atoms with Crippen LogP contribution in [0.15, 0.2) is 0 Å². The number of carboxylic acids is 1. The lowest BCUT2D eigenvalue weighted by Crippen LogP contribution is -2.12. The fourth-order valence-corrected chi connectivity index (χ4v) is 0.432. The zero-order valence-corrected chi connectivity index (χ0v) is 5.71. The van der Waals surface area contributed by atoms with Gasteiger partial charge in [0.05, 0.1) is 0 Å². The van der Waals surface area contributed by atoms with Crippen LogP contribution < -0.4 is 0 Å². The minimum atomic E-state index is -4.65. The van der Waals surface area contributed by atoms with E-state index in [4.69, 9.17) is 26.5 Å². The Labute approximate surface area is 55.4 Å². The fraction of sp³-hybridized carbons (Fsp3) is 0.500. The Bertz CT molecular complexity index is 160. The molecule has 0 aromatic rings. The standard InChI is InChI=1S/C2H4ClO5P/c3-1(2(4)5)9(6,7)8/h1H,(H,4,5)(H2,6,7,8). The van der Waals surface area contributed by atoms with Gasteiger partial charge in [-0.3, -0.25) is 4.57 Å². The molecule has 0 saturated carbocycles. The molecule has 1 unspecified atom stereocenters. The molecule has 0 spiro atoms. The van der Waals surface area contributed by atoms with Crippen molar-refractivity contribution in [2.45, 2.75) is 5.12 Å². The quantitative estimate of drug-likeness (QED) is 0.399. The van der Waals surface area contributed by atoms with Crippen LogP contribution in [0.4, 0.5) is 0 Å². The fourth-order valence-electron chi connectivity index (χ4n) is 0.144. The molecule has 0 radical (unpaired) electrons. The molecule has 3 N–H and O–H groups in total. The third-order valence-corrected chi connectivity index (χ3v) is 2.26. The summed E-state index contributed by atoms with van der Waals surface area (Å²) in [7, 11) is -4.65. The van der Waals surface area contributed by atoms with Crippen LogP contribution >= 0.6 is 19.2 Å². The van der Waals surface area contributed by atoms with E-state index in [1.807, 2.05) is 0 Å². The molecule has 0 aliphatic heterocycles. The zero-order chi connectivity index (χ0) is 7.65. The maximum atomic E-state index is 9.95. The van der Waals surface area contributed by atoms with E-state index in [1.165, 1.54) is 0 Å². The predicted octanol–water partition coefficient (Wildman–Crippen LogP) is -0.186. The molecule has 54 valence electrons. The van der Waals surface area contributed by atoms with Crippen molar-refractivity contribution < 1.29 is 24.3 Å². The normalized spacial score (nSPS) is 15.0. The van der Waals surface area contributed by atoms with Gasteiger partial charge in [0.1, 0.15) is 0 Å². The molecule has 0 rings (SSSR count). The maximum absolute atomic E-state index is 9.95. The van der Waals surface area contributed by atoms with Crippen molar-refractivity contribution >= 4 is 25.2 Å². The number of carbonyl (C=O) groups is 1. The summed E-state index contributed by atoms with van der Waals surface area (Å²) in [6, 6.07) is 0. The van der Waals surface area contributed by atoms with Gasteiger partial charge in [-0.1, -0.05) is 11.6 Å². The Morgan fingerprint density at radius 1 is 1.56 bits per heavy atom. The van der Waals surface area contributed by atoms with Crippen LogP contribution in [0.5, 0.6) is 0 Å². The third-order valence-electron chi connectivity index (χ3n) is 0.499. The molecule has 9 heavy (non-hydrogen) atoms. The Hall–Kier alpha value is -0.0900. The van der Waals surface area contributed by atoms with Gasteiger partial charge in [0.25, 0.3) is 0 Å². The van der Waals surface area contributed by atoms with E-state index in [-0.39, 0.29) is 0 Å². The molecule has 7 heteroatoms. The van der Waals surface area contributed by atoms with Gasteiger partial charge < -0.3 is 14.9 Å². The minimum Gasteiger partial charge on any atom is -0.480 e. The second-order valence-electron chi connectivity index (χ2n) is 1.26. The minimum absolute atomic E-state index is 1.72. The average molecular weight is 174 g/mol. The number of rotatable bonds is 2.